The molecule has 0 spiro atoms. The fraction of sp³-hybridized carbons (Fsp3) is 0.227. The predicted octanol–water partition coefficient (Wildman–Crippen LogP) is 6.40. The fourth-order valence-electron chi connectivity index (χ4n) is 3.45. The molecule has 0 radical (unpaired) electrons. The standard InChI is InChI=1S/C22H18Cl3N3O/c23-15-6-4-14(5-7-15)18-13-26-21(22(29)28-10-2-1-3-11-28)27-20(18)17-9-8-16(24)12-19(17)25/h4-9,12-13H,1-3,10-11H2. The van der Waals surface area contributed by atoms with Gasteiger partial charge in [0.15, 0.2) is 0 Å². The van der Waals surface area contributed by atoms with Gasteiger partial charge in [-0.2, -0.15) is 0 Å². The smallest absolute Gasteiger partial charge is 0.291 e. The Morgan fingerprint density at radius 2 is 1.55 bits per heavy atom. The largest absolute Gasteiger partial charge is 0.336 e. The maximum Gasteiger partial charge on any atom is 0.291 e. The highest BCUT2D eigenvalue weighted by atomic mass is 35.5. The number of halogens is 3. The number of hydrogen-bond donors (Lipinski definition) is 0. The molecule has 0 saturated carbocycles. The summed E-state index contributed by atoms with van der Waals surface area (Å²) in [5, 5.41) is 1.63. The van der Waals surface area contributed by atoms with Crippen LogP contribution in [0, 0.1) is 0 Å². The number of benzene rings is 2. The van der Waals surface area contributed by atoms with Gasteiger partial charge in [-0.15, -0.1) is 0 Å². The SMILES string of the molecule is O=C(c1ncc(-c2ccc(Cl)cc2)c(-c2ccc(Cl)cc2Cl)n1)N1CCCCC1. The highest BCUT2D eigenvalue weighted by Gasteiger charge is 2.23. The van der Waals surface area contributed by atoms with Crippen LogP contribution in [0.15, 0.2) is 48.7 Å². The Labute approximate surface area is 184 Å². The first kappa shape index (κ1) is 20.1. The maximum absolute atomic E-state index is 12.9. The van der Waals surface area contributed by atoms with Gasteiger partial charge in [0, 0.05) is 40.5 Å². The minimum Gasteiger partial charge on any atom is -0.336 e. The van der Waals surface area contributed by atoms with E-state index in [0.29, 0.717) is 26.3 Å². The van der Waals surface area contributed by atoms with Crippen LogP contribution >= 0.6 is 34.8 Å². The lowest BCUT2D eigenvalue weighted by Gasteiger charge is -2.26. The van der Waals surface area contributed by atoms with Gasteiger partial charge in [0.1, 0.15) is 0 Å². The molecule has 1 saturated heterocycles. The lowest BCUT2D eigenvalue weighted by molar-refractivity contribution is 0.0712. The number of amides is 1. The molecular weight excluding hydrogens is 429 g/mol. The molecule has 0 atom stereocenters. The molecule has 0 unspecified atom stereocenters. The molecule has 1 aromatic heterocycles. The summed E-state index contributed by atoms with van der Waals surface area (Å²) in [6.07, 6.45) is 4.83. The molecular formula is C22H18Cl3N3O. The molecule has 2 heterocycles. The molecule has 2 aromatic carbocycles. The Hall–Kier alpha value is -2.14. The van der Waals surface area contributed by atoms with Gasteiger partial charge in [-0.25, -0.2) is 9.97 Å². The van der Waals surface area contributed by atoms with Crippen molar-refractivity contribution in [1.29, 1.82) is 0 Å². The molecule has 0 N–H and O–H groups in total. The van der Waals surface area contributed by atoms with E-state index in [4.69, 9.17) is 34.8 Å². The van der Waals surface area contributed by atoms with Crippen molar-refractivity contribution in [2.75, 3.05) is 13.1 Å². The lowest BCUT2D eigenvalue weighted by atomic mass is 10.0. The molecule has 7 heteroatoms. The zero-order chi connectivity index (χ0) is 20.4. The number of rotatable bonds is 3. The average Bonchev–Trinajstić information content (AvgIpc) is 2.74. The highest BCUT2D eigenvalue weighted by Crippen LogP contribution is 2.36. The summed E-state index contributed by atoms with van der Waals surface area (Å²) >= 11 is 18.6. The van der Waals surface area contributed by atoms with E-state index in [1.165, 1.54) is 0 Å². The van der Waals surface area contributed by atoms with Crippen molar-refractivity contribution in [2.24, 2.45) is 0 Å². The molecule has 4 nitrogen and oxygen atoms in total. The van der Waals surface area contributed by atoms with Crippen LogP contribution in [0.2, 0.25) is 15.1 Å². The molecule has 0 bridgehead atoms. The van der Waals surface area contributed by atoms with Crippen molar-refractivity contribution in [3.8, 4) is 22.4 Å². The molecule has 1 amide bonds. The van der Waals surface area contributed by atoms with E-state index in [9.17, 15) is 4.79 Å². The monoisotopic (exact) mass is 445 g/mol. The first-order valence-corrected chi connectivity index (χ1v) is 10.5. The zero-order valence-corrected chi connectivity index (χ0v) is 17.8. The Balaban J connectivity index is 1.83. The normalized spacial score (nSPS) is 14.1. The minimum absolute atomic E-state index is 0.154. The number of nitrogens with zero attached hydrogens (tertiary/aromatic N) is 3. The van der Waals surface area contributed by atoms with Crippen LogP contribution in [0.25, 0.3) is 22.4 Å². The van der Waals surface area contributed by atoms with Crippen molar-refractivity contribution in [1.82, 2.24) is 14.9 Å². The average molecular weight is 447 g/mol. The van der Waals surface area contributed by atoms with Crippen molar-refractivity contribution < 1.29 is 4.79 Å². The zero-order valence-electron chi connectivity index (χ0n) is 15.5. The number of carbonyl (C=O) groups is 1. The van der Waals surface area contributed by atoms with E-state index < -0.39 is 0 Å². The Morgan fingerprint density at radius 1 is 0.862 bits per heavy atom. The van der Waals surface area contributed by atoms with Gasteiger partial charge in [0.25, 0.3) is 5.91 Å². The summed E-state index contributed by atoms with van der Waals surface area (Å²) in [5.74, 6) is 0.0179. The van der Waals surface area contributed by atoms with E-state index in [-0.39, 0.29) is 11.7 Å². The van der Waals surface area contributed by atoms with Gasteiger partial charge in [-0.3, -0.25) is 4.79 Å². The third-order valence-electron chi connectivity index (χ3n) is 4.96. The Kier molecular flexibility index (Phi) is 6.04. The van der Waals surface area contributed by atoms with E-state index in [0.717, 1.165) is 43.5 Å². The van der Waals surface area contributed by atoms with Crippen LogP contribution in [-0.4, -0.2) is 33.9 Å². The Morgan fingerprint density at radius 3 is 2.24 bits per heavy atom. The van der Waals surface area contributed by atoms with Gasteiger partial charge in [-0.05, 0) is 55.2 Å². The van der Waals surface area contributed by atoms with Crippen molar-refractivity contribution >= 4 is 40.7 Å². The summed E-state index contributed by atoms with van der Waals surface area (Å²) in [6, 6.07) is 12.6. The van der Waals surface area contributed by atoms with E-state index >= 15 is 0 Å². The summed E-state index contributed by atoms with van der Waals surface area (Å²) in [6.45, 7) is 1.47. The minimum atomic E-state index is -0.154. The van der Waals surface area contributed by atoms with Gasteiger partial charge < -0.3 is 4.90 Å². The van der Waals surface area contributed by atoms with Crippen LogP contribution in [0.3, 0.4) is 0 Å². The molecule has 3 aromatic rings. The van der Waals surface area contributed by atoms with Crippen LogP contribution < -0.4 is 0 Å². The Bertz CT molecular complexity index is 1050. The number of aromatic nitrogens is 2. The van der Waals surface area contributed by atoms with Gasteiger partial charge >= 0.3 is 0 Å². The second-order valence-electron chi connectivity index (χ2n) is 6.94. The molecule has 0 aliphatic carbocycles. The third-order valence-corrected chi connectivity index (χ3v) is 5.76. The molecule has 29 heavy (non-hydrogen) atoms. The van der Waals surface area contributed by atoms with Crippen molar-refractivity contribution in [2.45, 2.75) is 19.3 Å². The molecule has 1 aliphatic heterocycles. The summed E-state index contributed by atoms with van der Waals surface area (Å²) in [4.78, 5) is 23.8. The maximum atomic E-state index is 12.9. The summed E-state index contributed by atoms with van der Waals surface area (Å²) < 4.78 is 0. The van der Waals surface area contributed by atoms with Gasteiger partial charge in [0.05, 0.1) is 10.7 Å². The van der Waals surface area contributed by atoms with E-state index in [2.05, 4.69) is 9.97 Å². The highest BCUT2D eigenvalue weighted by molar-refractivity contribution is 6.36. The lowest BCUT2D eigenvalue weighted by Crippen LogP contribution is -2.36. The van der Waals surface area contributed by atoms with Crippen LogP contribution in [0.1, 0.15) is 29.9 Å². The van der Waals surface area contributed by atoms with Gasteiger partial charge in [-0.1, -0.05) is 46.9 Å². The number of piperidine rings is 1. The summed E-state index contributed by atoms with van der Waals surface area (Å²) in [5.41, 5.74) is 2.92. The topological polar surface area (TPSA) is 46.1 Å². The van der Waals surface area contributed by atoms with E-state index in [1.54, 1.807) is 30.5 Å². The van der Waals surface area contributed by atoms with E-state index in [1.807, 2.05) is 23.1 Å². The first-order chi connectivity index (χ1) is 14.0. The van der Waals surface area contributed by atoms with Crippen LogP contribution in [-0.2, 0) is 0 Å². The van der Waals surface area contributed by atoms with Crippen LogP contribution in [0.4, 0.5) is 0 Å². The molecule has 1 fully saturated rings. The third kappa shape index (κ3) is 4.40. The first-order valence-electron chi connectivity index (χ1n) is 9.40. The van der Waals surface area contributed by atoms with Gasteiger partial charge in [0.2, 0.25) is 5.82 Å². The molecule has 148 valence electrons. The number of carbonyl (C=O) groups excluding carboxylic acids is 1. The quantitative estimate of drug-likeness (QED) is 0.468. The number of likely N-dealkylation sites (tertiary alicyclic amines) is 1. The number of hydrogen-bond acceptors (Lipinski definition) is 3. The predicted molar refractivity (Wildman–Crippen MR) is 118 cm³/mol. The molecule has 4 rings (SSSR count). The fourth-order valence-corrected chi connectivity index (χ4v) is 4.07. The van der Waals surface area contributed by atoms with Crippen LogP contribution in [0.5, 0.6) is 0 Å². The second-order valence-corrected chi connectivity index (χ2v) is 8.22. The second kappa shape index (κ2) is 8.70. The van der Waals surface area contributed by atoms with Crippen molar-refractivity contribution in [3.05, 3.63) is 69.6 Å². The summed E-state index contributed by atoms with van der Waals surface area (Å²) in [7, 11) is 0. The van der Waals surface area contributed by atoms with Crippen molar-refractivity contribution in [3.63, 3.8) is 0 Å². The molecule has 1 aliphatic rings.